The van der Waals surface area contributed by atoms with E-state index in [1.165, 1.54) is 19.3 Å². The van der Waals surface area contributed by atoms with Crippen LogP contribution in [-0.4, -0.2) is 6.54 Å². The van der Waals surface area contributed by atoms with E-state index in [4.69, 9.17) is 11.6 Å². The molecule has 1 N–H and O–H groups in total. The molecule has 0 aliphatic heterocycles. The Morgan fingerprint density at radius 3 is 2.69 bits per heavy atom. The van der Waals surface area contributed by atoms with Crippen LogP contribution in [0.2, 0.25) is 5.02 Å². The molecule has 1 aliphatic rings. The van der Waals surface area contributed by atoms with Crippen molar-refractivity contribution >= 4 is 17.3 Å². The molecule has 1 aromatic rings. The van der Waals surface area contributed by atoms with E-state index in [1.54, 1.807) is 0 Å². The summed E-state index contributed by atoms with van der Waals surface area (Å²) in [4.78, 5) is 0. The lowest BCUT2D eigenvalue weighted by Crippen LogP contribution is -2.20. The largest absolute Gasteiger partial charge is 0.384 e. The first-order chi connectivity index (χ1) is 6.36. The topological polar surface area (TPSA) is 12.0 Å². The van der Waals surface area contributed by atoms with Gasteiger partial charge in [-0.15, -0.1) is 0 Å². The van der Waals surface area contributed by atoms with Crippen molar-refractivity contribution in [1.82, 2.24) is 0 Å². The lowest BCUT2D eigenvalue weighted by atomic mass is 9.85. The number of benzene rings is 1. The highest BCUT2D eigenvalue weighted by molar-refractivity contribution is 6.33. The van der Waals surface area contributed by atoms with Crippen molar-refractivity contribution < 1.29 is 0 Å². The fraction of sp³-hybridized carbons (Fsp3) is 0.455. The number of para-hydroxylation sites is 1. The number of hydrogen-bond acceptors (Lipinski definition) is 1. The lowest BCUT2D eigenvalue weighted by Gasteiger charge is -2.26. The zero-order valence-corrected chi connectivity index (χ0v) is 8.35. The predicted octanol–water partition coefficient (Wildman–Crippen LogP) is 3.55. The van der Waals surface area contributed by atoms with Gasteiger partial charge in [0.1, 0.15) is 0 Å². The Bertz CT molecular complexity index is 281. The van der Waals surface area contributed by atoms with Crippen molar-refractivity contribution in [2.45, 2.75) is 19.3 Å². The SMILES string of the molecule is Clc1ccccc1NCC1CCC1. The van der Waals surface area contributed by atoms with Gasteiger partial charge in [0.05, 0.1) is 10.7 Å². The quantitative estimate of drug-likeness (QED) is 0.778. The maximum atomic E-state index is 6.01. The van der Waals surface area contributed by atoms with E-state index in [0.717, 1.165) is 23.2 Å². The molecule has 1 nitrogen and oxygen atoms in total. The molecule has 0 atom stereocenters. The Morgan fingerprint density at radius 2 is 2.08 bits per heavy atom. The summed E-state index contributed by atoms with van der Waals surface area (Å²) in [6.45, 7) is 1.07. The molecule has 13 heavy (non-hydrogen) atoms. The number of nitrogens with one attached hydrogen (secondary N) is 1. The summed E-state index contributed by atoms with van der Waals surface area (Å²) in [6, 6.07) is 7.91. The Kier molecular flexibility index (Phi) is 2.74. The minimum Gasteiger partial charge on any atom is -0.384 e. The van der Waals surface area contributed by atoms with Gasteiger partial charge in [0.25, 0.3) is 0 Å². The molecule has 1 aromatic carbocycles. The van der Waals surface area contributed by atoms with Crippen LogP contribution in [0.3, 0.4) is 0 Å². The van der Waals surface area contributed by atoms with Crippen LogP contribution >= 0.6 is 11.6 Å². The van der Waals surface area contributed by atoms with Crippen LogP contribution in [0.25, 0.3) is 0 Å². The third-order valence-corrected chi connectivity index (χ3v) is 3.01. The first-order valence-corrected chi connectivity index (χ1v) is 5.22. The molecule has 1 saturated carbocycles. The van der Waals surface area contributed by atoms with E-state index < -0.39 is 0 Å². The predicted molar refractivity (Wildman–Crippen MR) is 57.3 cm³/mol. The molecule has 0 spiro atoms. The van der Waals surface area contributed by atoms with Crippen LogP contribution in [0.5, 0.6) is 0 Å². The third-order valence-electron chi connectivity index (χ3n) is 2.68. The summed E-state index contributed by atoms with van der Waals surface area (Å²) in [5.41, 5.74) is 1.07. The summed E-state index contributed by atoms with van der Waals surface area (Å²) in [5, 5.41) is 4.20. The van der Waals surface area contributed by atoms with E-state index in [9.17, 15) is 0 Å². The minimum absolute atomic E-state index is 0.821. The van der Waals surface area contributed by atoms with Gasteiger partial charge in [0, 0.05) is 6.54 Å². The summed E-state index contributed by atoms with van der Waals surface area (Å²) in [7, 11) is 0. The summed E-state index contributed by atoms with van der Waals surface area (Å²) in [5.74, 6) is 0.872. The van der Waals surface area contributed by atoms with Crippen molar-refractivity contribution in [3.63, 3.8) is 0 Å². The Labute approximate surface area is 84.1 Å². The maximum Gasteiger partial charge on any atom is 0.0637 e. The van der Waals surface area contributed by atoms with E-state index in [2.05, 4.69) is 5.32 Å². The van der Waals surface area contributed by atoms with Crippen molar-refractivity contribution in [3.8, 4) is 0 Å². The summed E-state index contributed by atoms with van der Waals surface area (Å²) in [6.07, 6.45) is 4.14. The molecular weight excluding hydrogens is 182 g/mol. The highest BCUT2D eigenvalue weighted by Crippen LogP contribution is 2.28. The van der Waals surface area contributed by atoms with Crippen molar-refractivity contribution in [2.24, 2.45) is 5.92 Å². The zero-order chi connectivity index (χ0) is 9.10. The molecule has 1 fully saturated rings. The average molecular weight is 196 g/mol. The molecule has 2 heteroatoms. The van der Waals surface area contributed by atoms with Gasteiger partial charge in [-0.1, -0.05) is 30.2 Å². The molecular formula is C11H14ClN. The monoisotopic (exact) mass is 195 g/mol. The highest BCUT2D eigenvalue weighted by atomic mass is 35.5. The first-order valence-electron chi connectivity index (χ1n) is 4.84. The van der Waals surface area contributed by atoms with Crippen LogP contribution in [-0.2, 0) is 0 Å². The standard InChI is InChI=1S/C11H14ClN/c12-10-6-1-2-7-11(10)13-8-9-4-3-5-9/h1-2,6-7,9,13H,3-5,8H2. The van der Waals surface area contributed by atoms with Gasteiger partial charge in [0.2, 0.25) is 0 Å². The number of hydrogen-bond donors (Lipinski definition) is 1. The molecule has 0 amide bonds. The molecule has 0 unspecified atom stereocenters. The number of anilines is 1. The average Bonchev–Trinajstić information content (AvgIpc) is 2.05. The third kappa shape index (κ3) is 2.16. The van der Waals surface area contributed by atoms with E-state index in [0.29, 0.717) is 0 Å². The van der Waals surface area contributed by atoms with Crippen LogP contribution in [0, 0.1) is 5.92 Å². The Balaban J connectivity index is 1.89. The molecule has 70 valence electrons. The molecule has 0 aromatic heterocycles. The van der Waals surface area contributed by atoms with Crippen LogP contribution in [0.4, 0.5) is 5.69 Å². The Hall–Kier alpha value is -0.690. The van der Waals surface area contributed by atoms with Crippen molar-refractivity contribution in [2.75, 3.05) is 11.9 Å². The zero-order valence-electron chi connectivity index (χ0n) is 7.59. The molecule has 0 radical (unpaired) electrons. The smallest absolute Gasteiger partial charge is 0.0637 e. The van der Waals surface area contributed by atoms with E-state index in [1.807, 2.05) is 24.3 Å². The van der Waals surface area contributed by atoms with Gasteiger partial charge in [-0.25, -0.2) is 0 Å². The second kappa shape index (κ2) is 4.01. The van der Waals surface area contributed by atoms with Crippen LogP contribution < -0.4 is 5.32 Å². The second-order valence-corrected chi connectivity index (χ2v) is 4.06. The fourth-order valence-corrected chi connectivity index (χ4v) is 1.76. The number of halogens is 1. The van der Waals surface area contributed by atoms with Crippen molar-refractivity contribution in [1.29, 1.82) is 0 Å². The molecule has 1 aliphatic carbocycles. The molecule has 2 rings (SSSR count). The Morgan fingerprint density at radius 1 is 1.31 bits per heavy atom. The summed E-state index contributed by atoms with van der Waals surface area (Å²) < 4.78 is 0. The van der Waals surface area contributed by atoms with Gasteiger partial charge in [-0.3, -0.25) is 0 Å². The van der Waals surface area contributed by atoms with Gasteiger partial charge in [-0.05, 0) is 30.9 Å². The van der Waals surface area contributed by atoms with Gasteiger partial charge >= 0.3 is 0 Å². The van der Waals surface area contributed by atoms with Crippen LogP contribution in [0.1, 0.15) is 19.3 Å². The number of rotatable bonds is 3. The normalized spacial score (nSPS) is 16.7. The summed E-state index contributed by atoms with van der Waals surface area (Å²) >= 11 is 6.01. The van der Waals surface area contributed by atoms with Crippen molar-refractivity contribution in [3.05, 3.63) is 29.3 Å². The highest BCUT2D eigenvalue weighted by Gasteiger charge is 2.16. The lowest BCUT2D eigenvalue weighted by molar-refractivity contribution is 0.333. The van der Waals surface area contributed by atoms with E-state index in [-0.39, 0.29) is 0 Å². The fourth-order valence-electron chi connectivity index (χ4n) is 1.56. The first kappa shape index (κ1) is 8.89. The van der Waals surface area contributed by atoms with Crippen LogP contribution in [0.15, 0.2) is 24.3 Å². The van der Waals surface area contributed by atoms with Gasteiger partial charge < -0.3 is 5.32 Å². The van der Waals surface area contributed by atoms with E-state index >= 15 is 0 Å². The minimum atomic E-state index is 0.821. The molecule has 0 saturated heterocycles. The second-order valence-electron chi connectivity index (χ2n) is 3.66. The van der Waals surface area contributed by atoms with Gasteiger partial charge in [-0.2, -0.15) is 0 Å². The molecule has 0 heterocycles. The molecule has 0 bridgehead atoms. The van der Waals surface area contributed by atoms with Gasteiger partial charge in [0.15, 0.2) is 0 Å². The maximum absolute atomic E-state index is 6.01.